The minimum absolute atomic E-state index is 0.0123. The average molecular weight is 554 g/mol. The fraction of sp³-hybridized carbons (Fsp3) is 0.258. The van der Waals surface area contributed by atoms with E-state index in [4.69, 9.17) is 0 Å². The molecular weight excluding hydrogens is 522 g/mol. The first-order valence-electron chi connectivity index (χ1n) is 13.5. The normalized spacial score (nSPS) is 16.4. The molecule has 41 heavy (non-hydrogen) atoms. The summed E-state index contributed by atoms with van der Waals surface area (Å²) in [5, 5.41) is 13.8. The number of nitro benzene ring substituents is 1. The molecule has 5 rings (SSSR count). The summed E-state index contributed by atoms with van der Waals surface area (Å²) >= 11 is 0. The number of piperidine rings is 1. The molecule has 2 aliphatic rings. The molecule has 0 bridgehead atoms. The van der Waals surface area contributed by atoms with Crippen LogP contribution in [0.2, 0.25) is 0 Å². The Morgan fingerprint density at radius 2 is 1.56 bits per heavy atom. The molecule has 2 saturated heterocycles. The van der Waals surface area contributed by atoms with Crippen molar-refractivity contribution in [2.75, 3.05) is 31.2 Å². The molecule has 0 aromatic heterocycles. The standard InChI is InChI=1S/C31H31N5O5/c37-28(32-21-25-7-3-1-4-8-25)22-34-23-35(26-9-5-2-6-10-26)31(30(34)39)17-19-33(20-18-31)29(38)16-13-24-11-14-27(15-12-24)36(40)41/h1-16H,17-23H2,(H,32,37). The Morgan fingerprint density at radius 1 is 0.927 bits per heavy atom. The zero-order valence-corrected chi connectivity index (χ0v) is 22.5. The molecule has 2 aliphatic heterocycles. The molecule has 3 aromatic carbocycles. The second-order valence-corrected chi connectivity index (χ2v) is 10.2. The maximum atomic E-state index is 13.9. The summed E-state index contributed by atoms with van der Waals surface area (Å²) in [5.41, 5.74) is 1.70. The van der Waals surface area contributed by atoms with Crippen LogP contribution in [0.1, 0.15) is 24.0 Å². The molecule has 0 aliphatic carbocycles. The Hall–Kier alpha value is -4.99. The van der Waals surface area contributed by atoms with Crippen molar-refractivity contribution >= 4 is 35.2 Å². The van der Waals surface area contributed by atoms with Gasteiger partial charge in [0.2, 0.25) is 11.8 Å². The number of likely N-dealkylation sites (tertiary alicyclic amines) is 1. The molecule has 0 atom stereocenters. The quantitative estimate of drug-likeness (QED) is 0.259. The highest BCUT2D eigenvalue weighted by Gasteiger charge is 2.54. The van der Waals surface area contributed by atoms with Crippen LogP contribution in [0.5, 0.6) is 0 Å². The predicted octanol–water partition coefficient (Wildman–Crippen LogP) is 3.59. The van der Waals surface area contributed by atoms with E-state index in [2.05, 4.69) is 10.2 Å². The van der Waals surface area contributed by atoms with Crippen molar-refractivity contribution in [2.24, 2.45) is 0 Å². The molecule has 1 spiro atoms. The molecule has 3 aromatic rings. The second kappa shape index (κ2) is 12.0. The van der Waals surface area contributed by atoms with Gasteiger partial charge < -0.3 is 20.0 Å². The van der Waals surface area contributed by atoms with Crippen molar-refractivity contribution in [2.45, 2.75) is 24.9 Å². The van der Waals surface area contributed by atoms with E-state index in [-0.39, 0.29) is 36.6 Å². The van der Waals surface area contributed by atoms with E-state index >= 15 is 0 Å². The monoisotopic (exact) mass is 553 g/mol. The number of nitrogens with one attached hydrogen (secondary N) is 1. The van der Waals surface area contributed by atoms with Gasteiger partial charge in [-0.1, -0.05) is 48.5 Å². The zero-order valence-electron chi connectivity index (χ0n) is 22.5. The Labute approximate surface area is 238 Å². The molecule has 3 amide bonds. The molecule has 0 radical (unpaired) electrons. The number of benzene rings is 3. The molecule has 210 valence electrons. The molecule has 1 N–H and O–H groups in total. The highest BCUT2D eigenvalue weighted by molar-refractivity contribution is 5.97. The van der Waals surface area contributed by atoms with Crippen LogP contribution in [0.3, 0.4) is 0 Å². The summed E-state index contributed by atoms with van der Waals surface area (Å²) in [4.78, 5) is 55.4. The SMILES string of the molecule is O=C(CN1CN(c2ccccc2)C2(CCN(C(=O)C=Cc3ccc([N+](=O)[O-])cc3)CC2)C1=O)NCc1ccccc1. The van der Waals surface area contributed by atoms with Gasteiger partial charge in [0, 0.05) is 43.5 Å². The van der Waals surface area contributed by atoms with E-state index in [1.807, 2.05) is 60.7 Å². The minimum atomic E-state index is -0.847. The number of hydrogen-bond acceptors (Lipinski definition) is 6. The molecule has 2 heterocycles. The smallest absolute Gasteiger partial charge is 0.269 e. The number of carbonyl (C=O) groups is 3. The number of carbonyl (C=O) groups excluding carboxylic acids is 3. The summed E-state index contributed by atoms with van der Waals surface area (Å²) in [6.07, 6.45) is 3.94. The van der Waals surface area contributed by atoms with Gasteiger partial charge in [-0.3, -0.25) is 24.5 Å². The number of amides is 3. The van der Waals surface area contributed by atoms with E-state index in [9.17, 15) is 24.5 Å². The van der Waals surface area contributed by atoms with Crippen molar-refractivity contribution in [1.29, 1.82) is 0 Å². The topological polar surface area (TPSA) is 116 Å². The minimum Gasteiger partial charge on any atom is -0.350 e. The van der Waals surface area contributed by atoms with Crippen molar-refractivity contribution in [3.05, 3.63) is 112 Å². The fourth-order valence-electron chi connectivity index (χ4n) is 5.43. The third kappa shape index (κ3) is 6.11. The van der Waals surface area contributed by atoms with Crippen LogP contribution in [-0.2, 0) is 20.9 Å². The van der Waals surface area contributed by atoms with Gasteiger partial charge in [0.15, 0.2) is 0 Å². The Balaban J connectivity index is 1.25. The van der Waals surface area contributed by atoms with E-state index in [1.165, 1.54) is 18.2 Å². The summed E-state index contributed by atoms with van der Waals surface area (Å²) in [7, 11) is 0. The van der Waals surface area contributed by atoms with Crippen LogP contribution >= 0.6 is 0 Å². The van der Waals surface area contributed by atoms with E-state index in [0.717, 1.165) is 11.3 Å². The number of anilines is 1. The summed E-state index contributed by atoms with van der Waals surface area (Å²) in [6.45, 7) is 1.39. The maximum Gasteiger partial charge on any atom is 0.269 e. The van der Waals surface area contributed by atoms with Gasteiger partial charge in [-0.15, -0.1) is 0 Å². The van der Waals surface area contributed by atoms with Crippen LogP contribution < -0.4 is 10.2 Å². The van der Waals surface area contributed by atoms with Gasteiger partial charge in [0.25, 0.3) is 11.6 Å². The van der Waals surface area contributed by atoms with Crippen molar-refractivity contribution in [3.8, 4) is 0 Å². The largest absolute Gasteiger partial charge is 0.350 e. The average Bonchev–Trinajstić information content (AvgIpc) is 3.26. The highest BCUT2D eigenvalue weighted by atomic mass is 16.6. The number of nitrogens with zero attached hydrogens (tertiary/aromatic N) is 4. The van der Waals surface area contributed by atoms with E-state index in [0.29, 0.717) is 38.0 Å². The van der Waals surface area contributed by atoms with Gasteiger partial charge >= 0.3 is 0 Å². The summed E-state index contributed by atoms with van der Waals surface area (Å²) in [5.74, 6) is -0.520. The third-order valence-electron chi connectivity index (χ3n) is 7.67. The lowest BCUT2D eigenvalue weighted by atomic mass is 9.85. The number of hydrogen-bond donors (Lipinski definition) is 1. The lowest BCUT2D eigenvalue weighted by Gasteiger charge is -2.43. The first kappa shape index (κ1) is 27.6. The fourth-order valence-corrected chi connectivity index (χ4v) is 5.43. The molecule has 0 saturated carbocycles. The molecular formula is C31H31N5O5. The van der Waals surface area contributed by atoms with Gasteiger partial charge in [0.1, 0.15) is 12.1 Å². The van der Waals surface area contributed by atoms with Crippen LogP contribution in [0, 0.1) is 10.1 Å². The third-order valence-corrected chi connectivity index (χ3v) is 7.67. The predicted molar refractivity (Wildman–Crippen MR) is 154 cm³/mol. The molecule has 10 nitrogen and oxygen atoms in total. The molecule has 2 fully saturated rings. The number of nitro groups is 1. The first-order valence-corrected chi connectivity index (χ1v) is 13.5. The Morgan fingerprint density at radius 3 is 2.20 bits per heavy atom. The highest BCUT2D eigenvalue weighted by Crippen LogP contribution is 2.39. The number of non-ortho nitro benzene ring substituents is 1. The summed E-state index contributed by atoms with van der Waals surface area (Å²) < 4.78 is 0. The van der Waals surface area contributed by atoms with Crippen molar-refractivity contribution in [1.82, 2.24) is 15.1 Å². The second-order valence-electron chi connectivity index (χ2n) is 10.2. The lowest BCUT2D eigenvalue weighted by Crippen LogP contribution is -2.57. The molecule has 10 heteroatoms. The van der Waals surface area contributed by atoms with Crippen LogP contribution in [0.25, 0.3) is 6.08 Å². The Bertz CT molecular complexity index is 1430. The van der Waals surface area contributed by atoms with Gasteiger partial charge in [-0.05, 0) is 54.3 Å². The molecule has 0 unspecified atom stereocenters. The Kier molecular flexibility index (Phi) is 8.09. The van der Waals surface area contributed by atoms with Gasteiger partial charge in [0.05, 0.1) is 11.6 Å². The number of para-hydroxylation sites is 1. The maximum absolute atomic E-state index is 13.9. The van der Waals surface area contributed by atoms with Gasteiger partial charge in [-0.2, -0.15) is 0 Å². The lowest BCUT2D eigenvalue weighted by molar-refractivity contribution is -0.384. The van der Waals surface area contributed by atoms with Crippen molar-refractivity contribution in [3.63, 3.8) is 0 Å². The van der Waals surface area contributed by atoms with E-state index < -0.39 is 10.5 Å². The van der Waals surface area contributed by atoms with Crippen LogP contribution in [-0.4, -0.2) is 64.3 Å². The first-order chi connectivity index (χ1) is 19.9. The van der Waals surface area contributed by atoms with Crippen molar-refractivity contribution < 1.29 is 19.3 Å². The van der Waals surface area contributed by atoms with Gasteiger partial charge in [-0.25, -0.2) is 0 Å². The zero-order chi connectivity index (χ0) is 28.8. The van der Waals surface area contributed by atoms with Crippen LogP contribution in [0.15, 0.2) is 91.0 Å². The summed E-state index contributed by atoms with van der Waals surface area (Å²) in [6, 6.07) is 25.3. The number of rotatable bonds is 8. The van der Waals surface area contributed by atoms with Crippen LogP contribution in [0.4, 0.5) is 11.4 Å². The van der Waals surface area contributed by atoms with E-state index in [1.54, 1.807) is 28.0 Å².